The number of para-hydroxylation sites is 1. The van der Waals surface area contributed by atoms with Crippen molar-refractivity contribution in [2.45, 2.75) is 12.5 Å². The van der Waals surface area contributed by atoms with Gasteiger partial charge in [0.1, 0.15) is 18.0 Å². The first-order chi connectivity index (χ1) is 13.1. The van der Waals surface area contributed by atoms with Crippen LogP contribution in [0.2, 0.25) is 0 Å². The van der Waals surface area contributed by atoms with Crippen molar-refractivity contribution in [3.8, 4) is 0 Å². The highest BCUT2D eigenvalue weighted by Crippen LogP contribution is 2.27. The van der Waals surface area contributed by atoms with Gasteiger partial charge in [0.25, 0.3) is 11.8 Å². The number of hydrogen-bond donors (Lipinski definition) is 0. The smallest absolute Gasteiger partial charge is 0.276 e. The van der Waals surface area contributed by atoms with E-state index in [4.69, 9.17) is 14.0 Å². The lowest BCUT2D eigenvalue weighted by Crippen LogP contribution is -2.60. The summed E-state index contributed by atoms with van der Waals surface area (Å²) < 4.78 is 16.7. The molecule has 27 heavy (non-hydrogen) atoms. The summed E-state index contributed by atoms with van der Waals surface area (Å²) in [7, 11) is 0. The Morgan fingerprint density at radius 1 is 1.22 bits per heavy atom. The van der Waals surface area contributed by atoms with Crippen molar-refractivity contribution < 1.29 is 23.6 Å². The van der Waals surface area contributed by atoms with Gasteiger partial charge in [0.2, 0.25) is 0 Å². The van der Waals surface area contributed by atoms with Crippen LogP contribution in [0.4, 0.5) is 5.69 Å². The van der Waals surface area contributed by atoms with Crippen LogP contribution in [-0.2, 0) is 14.3 Å². The second kappa shape index (κ2) is 7.13. The van der Waals surface area contributed by atoms with Crippen molar-refractivity contribution in [2.24, 2.45) is 0 Å². The Kier molecular flexibility index (Phi) is 4.67. The van der Waals surface area contributed by atoms with Gasteiger partial charge in [-0.3, -0.25) is 9.59 Å². The van der Waals surface area contributed by atoms with Crippen molar-refractivity contribution in [1.82, 2.24) is 10.1 Å². The minimum Gasteiger partial charge on any atom is -0.368 e. The number of anilines is 1. The maximum atomic E-state index is 12.8. The SMILES string of the molecule is Cc1cc(C(=O)N2CCOC3(COCC(=O)N(c4ccccc4)C3)C2)no1. The Morgan fingerprint density at radius 3 is 2.78 bits per heavy atom. The van der Waals surface area contributed by atoms with Crippen LogP contribution in [0.5, 0.6) is 0 Å². The van der Waals surface area contributed by atoms with Crippen LogP contribution in [0.1, 0.15) is 16.2 Å². The van der Waals surface area contributed by atoms with Gasteiger partial charge in [-0.2, -0.15) is 0 Å². The summed E-state index contributed by atoms with van der Waals surface area (Å²) in [6.07, 6.45) is 0. The molecule has 3 heterocycles. The average molecular weight is 371 g/mol. The lowest BCUT2D eigenvalue weighted by atomic mass is 10.0. The number of carbonyl (C=O) groups excluding carboxylic acids is 2. The van der Waals surface area contributed by atoms with E-state index in [9.17, 15) is 9.59 Å². The monoisotopic (exact) mass is 371 g/mol. The van der Waals surface area contributed by atoms with E-state index in [-0.39, 0.29) is 30.7 Å². The quantitative estimate of drug-likeness (QED) is 0.790. The molecule has 2 fully saturated rings. The van der Waals surface area contributed by atoms with Gasteiger partial charge in [-0.25, -0.2) is 0 Å². The fraction of sp³-hybridized carbons (Fsp3) is 0.421. The molecule has 1 unspecified atom stereocenters. The molecule has 2 aliphatic heterocycles. The second-order valence-corrected chi connectivity index (χ2v) is 6.89. The predicted molar refractivity (Wildman–Crippen MR) is 95.4 cm³/mol. The fourth-order valence-electron chi connectivity index (χ4n) is 3.50. The molecule has 0 radical (unpaired) electrons. The van der Waals surface area contributed by atoms with E-state index in [0.717, 1.165) is 5.69 Å². The zero-order chi connectivity index (χ0) is 18.9. The molecule has 1 aromatic heterocycles. The predicted octanol–water partition coefficient (Wildman–Crippen LogP) is 1.26. The van der Waals surface area contributed by atoms with Crippen molar-refractivity contribution in [1.29, 1.82) is 0 Å². The molecule has 0 aliphatic carbocycles. The number of aryl methyl sites for hydroxylation is 1. The van der Waals surface area contributed by atoms with Crippen LogP contribution < -0.4 is 4.90 Å². The molecule has 1 spiro atoms. The minimum absolute atomic E-state index is 0.0174. The number of nitrogens with zero attached hydrogens (tertiary/aromatic N) is 3. The summed E-state index contributed by atoms with van der Waals surface area (Å²) in [5.41, 5.74) is 0.274. The van der Waals surface area contributed by atoms with E-state index in [0.29, 0.717) is 32.0 Å². The lowest BCUT2D eigenvalue weighted by Gasteiger charge is -2.43. The van der Waals surface area contributed by atoms with Crippen LogP contribution in [0.3, 0.4) is 0 Å². The Hall–Kier alpha value is -2.71. The summed E-state index contributed by atoms with van der Waals surface area (Å²) in [6.45, 7) is 3.41. The molecule has 2 saturated heterocycles. The Labute approximate surface area is 156 Å². The van der Waals surface area contributed by atoms with Gasteiger partial charge in [-0.05, 0) is 19.1 Å². The van der Waals surface area contributed by atoms with Gasteiger partial charge in [0.05, 0.1) is 26.3 Å². The summed E-state index contributed by atoms with van der Waals surface area (Å²) in [6, 6.07) is 11.0. The number of morpholine rings is 1. The van der Waals surface area contributed by atoms with Crippen molar-refractivity contribution >= 4 is 17.5 Å². The van der Waals surface area contributed by atoms with Crippen LogP contribution in [0.15, 0.2) is 40.9 Å². The molecule has 2 aromatic rings. The number of carbonyl (C=O) groups is 2. The molecule has 142 valence electrons. The van der Waals surface area contributed by atoms with E-state index in [1.807, 2.05) is 30.3 Å². The summed E-state index contributed by atoms with van der Waals surface area (Å²) >= 11 is 0. The van der Waals surface area contributed by atoms with Gasteiger partial charge in [0, 0.05) is 18.3 Å². The number of benzene rings is 1. The van der Waals surface area contributed by atoms with Crippen molar-refractivity contribution in [3.63, 3.8) is 0 Å². The number of aromatic nitrogens is 1. The van der Waals surface area contributed by atoms with Crippen LogP contribution in [0.25, 0.3) is 0 Å². The molecule has 0 N–H and O–H groups in total. The third kappa shape index (κ3) is 3.58. The molecule has 2 aliphatic rings. The molecule has 8 nitrogen and oxygen atoms in total. The van der Waals surface area contributed by atoms with Crippen LogP contribution >= 0.6 is 0 Å². The van der Waals surface area contributed by atoms with E-state index < -0.39 is 5.60 Å². The van der Waals surface area contributed by atoms with E-state index in [1.54, 1.807) is 22.8 Å². The Balaban J connectivity index is 1.57. The molecule has 4 rings (SSSR count). The third-order valence-electron chi connectivity index (χ3n) is 4.79. The first-order valence-corrected chi connectivity index (χ1v) is 8.86. The second-order valence-electron chi connectivity index (χ2n) is 6.89. The summed E-state index contributed by atoms with van der Waals surface area (Å²) in [5, 5.41) is 3.81. The molecule has 0 bridgehead atoms. The summed E-state index contributed by atoms with van der Waals surface area (Å²) in [4.78, 5) is 28.6. The highest BCUT2D eigenvalue weighted by molar-refractivity contribution is 5.95. The van der Waals surface area contributed by atoms with Gasteiger partial charge in [0.15, 0.2) is 5.69 Å². The van der Waals surface area contributed by atoms with E-state index >= 15 is 0 Å². The number of hydrogen-bond acceptors (Lipinski definition) is 6. The third-order valence-corrected chi connectivity index (χ3v) is 4.79. The molecule has 0 saturated carbocycles. The van der Waals surface area contributed by atoms with E-state index in [1.165, 1.54) is 0 Å². The Morgan fingerprint density at radius 2 is 2.04 bits per heavy atom. The van der Waals surface area contributed by atoms with Gasteiger partial charge < -0.3 is 23.8 Å². The Bertz CT molecular complexity index is 837. The number of amides is 2. The molecular weight excluding hydrogens is 350 g/mol. The van der Waals surface area contributed by atoms with Crippen molar-refractivity contribution in [2.75, 3.05) is 44.4 Å². The minimum atomic E-state index is -0.783. The van der Waals surface area contributed by atoms with Crippen molar-refractivity contribution in [3.05, 3.63) is 47.9 Å². The zero-order valence-electron chi connectivity index (χ0n) is 15.1. The first kappa shape index (κ1) is 17.7. The largest absolute Gasteiger partial charge is 0.368 e. The number of rotatable bonds is 2. The maximum absolute atomic E-state index is 12.8. The molecule has 8 heteroatoms. The zero-order valence-corrected chi connectivity index (χ0v) is 15.1. The first-order valence-electron chi connectivity index (χ1n) is 8.86. The highest BCUT2D eigenvalue weighted by atomic mass is 16.5. The van der Waals surface area contributed by atoms with Gasteiger partial charge >= 0.3 is 0 Å². The molecule has 2 amide bonds. The average Bonchev–Trinajstić information content (AvgIpc) is 3.06. The lowest BCUT2D eigenvalue weighted by molar-refractivity contribution is -0.128. The van der Waals surface area contributed by atoms with Gasteiger partial charge in [-0.1, -0.05) is 23.4 Å². The number of ether oxygens (including phenoxy) is 2. The summed E-state index contributed by atoms with van der Waals surface area (Å²) in [5.74, 6) is 0.244. The molecular formula is C19H21N3O5. The van der Waals surface area contributed by atoms with E-state index in [2.05, 4.69) is 5.16 Å². The van der Waals surface area contributed by atoms with Crippen LogP contribution in [0, 0.1) is 6.92 Å². The maximum Gasteiger partial charge on any atom is 0.276 e. The highest BCUT2D eigenvalue weighted by Gasteiger charge is 2.44. The van der Waals surface area contributed by atoms with Gasteiger partial charge in [-0.15, -0.1) is 0 Å². The molecule has 1 aromatic carbocycles. The molecule has 1 atom stereocenters. The normalized spacial score (nSPS) is 23.5. The topological polar surface area (TPSA) is 85.1 Å². The van der Waals surface area contributed by atoms with Crippen LogP contribution in [-0.4, -0.2) is 66.9 Å². The fourth-order valence-corrected chi connectivity index (χ4v) is 3.50. The standard InChI is InChI=1S/C19H21N3O5/c1-14-9-16(20-27-14)18(24)21-7-8-26-19(11-21)12-22(17(23)10-25-13-19)15-5-3-2-4-6-15/h2-6,9H,7-8,10-13H2,1H3.